The third-order valence-corrected chi connectivity index (χ3v) is 2.13. The van der Waals surface area contributed by atoms with Crippen molar-refractivity contribution in [3.8, 4) is 0 Å². The summed E-state index contributed by atoms with van der Waals surface area (Å²) in [7, 11) is 0. The van der Waals surface area contributed by atoms with Crippen LogP contribution in [-0.4, -0.2) is 4.98 Å². The van der Waals surface area contributed by atoms with Gasteiger partial charge in [0.2, 0.25) is 0 Å². The quantitative estimate of drug-likeness (QED) is 0.348. The summed E-state index contributed by atoms with van der Waals surface area (Å²) in [5.41, 5.74) is 4.81. The molecule has 0 aliphatic heterocycles. The fraction of sp³-hybridized carbons (Fsp3) is 0.300. The molecule has 1 atom stereocenters. The monoisotopic (exact) mass is 211 g/mol. The summed E-state index contributed by atoms with van der Waals surface area (Å²) in [6.45, 7) is 5.81. The summed E-state index contributed by atoms with van der Waals surface area (Å²) in [6, 6.07) is 3.71. The molecule has 0 fully saturated rings. The normalized spacial score (nSPS) is 12.5. The minimum absolute atomic E-state index is 0.0530. The molecule has 0 bridgehead atoms. The highest BCUT2D eigenvalue weighted by atomic mass is 35.5. The number of hydrogen-bond acceptors (Lipinski definition) is 3. The van der Waals surface area contributed by atoms with Crippen molar-refractivity contribution in [1.82, 2.24) is 10.4 Å². The average molecular weight is 212 g/mol. The SMILES string of the molecule is C=C(C)CC(NN)c1ccc(Cl)nc1. The number of aromatic nitrogens is 1. The molecule has 4 heteroatoms. The molecule has 0 spiro atoms. The maximum absolute atomic E-state index is 5.68. The van der Waals surface area contributed by atoms with Crippen molar-refractivity contribution in [3.63, 3.8) is 0 Å². The number of nitrogens with zero attached hydrogens (tertiary/aromatic N) is 1. The van der Waals surface area contributed by atoms with Crippen LogP contribution < -0.4 is 11.3 Å². The molecule has 3 N–H and O–H groups in total. The van der Waals surface area contributed by atoms with Gasteiger partial charge in [-0.15, -0.1) is 6.58 Å². The van der Waals surface area contributed by atoms with Crippen LogP contribution in [0.15, 0.2) is 30.5 Å². The molecular weight excluding hydrogens is 198 g/mol. The van der Waals surface area contributed by atoms with E-state index < -0.39 is 0 Å². The van der Waals surface area contributed by atoms with E-state index in [0.29, 0.717) is 5.15 Å². The molecule has 0 saturated heterocycles. The Morgan fingerprint density at radius 3 is 2.86 bits per heavy atom. The van der Waals surface area contributed by atoms with E-state index in [-0.39, 0.29) is 6.04 Å². The van der Waals surface area contributed by atoms with Crippen LogP contribution >= 0.6 is 11.6 Å². The zero-order valence-corrected chi connectivity index (χ0v) is 8.88. The number of rotatable bonds is 4. The van der Waals surface area contributed by atoms with Gasteiger partial charge in [0.05, 0.1) is 6.04 Å². The minimum atomic E-state index is 0.0530. The van der Waals surface area contributed by atoms with Gasteiger partial charge in [0.1, 0.15) is 5.15 Å². The molecular formula is C10H14ClN3. The van der Waals surface area contributed by atoms with E-state index in [2.05, 4.69) is 17.0 Å². The molecule has 0 aromatic carbocycles. The molecule has 1 rings (SSSR count). The lowest BCUT2D eigenvalue weighted by Crippen LogP contribution is -2.28. The molecule has 0 aliphatic carbocycles. The number of pyridine rings is 1. The fourth-order valence-corrected chi connectivity index (χ4v) is 1.33. The molecule has 0 amide bonds. The number of hydrogen-bond donors (Lipinski definition) is 2. The van der Waals surface area contributed by atoms with Gasteiger partial charge < -0.3 is 0 Å². The Kier molecular flexibility index (Phi) is 4.07. The molecule has 1 heterocycles. The lowest BCUT2D eigenvalue weighted by molar-refractivity contribution is 0.548. The Morgan fingerprint density at radius 1 is 1.71 bits per heavy atom. The van der Waals surface area contributed by atoms with Crippen LogP contribution in [0.4, 0.5) is 0 Å². The summed E-state index contributed by atoms with van der Waals surface area (Å²) >= 11 is 5.68. The maximum atomic E-state index is 5.68. The minimum Gasteiger partial charge on any atom is -0.271 e. The number of nitrogens with two attached hydrogens (primary N) is 1. The first-order valence-electron chi connectivity index (χ1n) is 4.35. The van der Waals surface area contributed by atoms with E-state index in [1.165, 1.54) is 0 Å². The Bertz CT molecular complexity index is 308. The lowest BCUT2D eigenvalue weighted by Gasteiger charge is -2.15. The van der Waals surface area contributed by atoms with Gasteiger partial charge in [-0.25, -0.2) is 4.98 Å². The summed E-state index contributed by atoms with van der Waals surface area (Å²) in [6.07, 6.45) is 2.51. The Hall–Kier alpha value is -0.900. The molecule has 1 aromatic rings. The average Bonchev–Trinajstić information content (AvgIpc) is 2.15. The van der Waals surface area contributed by atoms with E-state index in [4.69, 9.17) is 17.4 Å². The van der Waals surface area contributed by atoms with Crippen LogP contribution in [0.5, 0.6) is 0 Å². The van der Waals surface area contributed by atoms with Crippen LogP contribution in [0.25, 0.3) is 0 Å². The second-order valence-electron chi connectivity index (χ2n) is 3.29. The van der Waals surface area contributed by atoms with E-state index >= 15 is 0 Å². The van der Waals surface area contributed by atoms with E-state index in [0.717, 1.165) is 17.6 Å². The first-order chi connectivity index (χ1) is 6.63. The van der Waals surface area contributed by atoms with Gasteiger partial charge >= 0.3 is 0 Å². The molecule has 0 radical (unpaired) electrons. The number of halogens is 1. The highest BCUT2D eigenvalue weighted by molar-refractivity contribution is 6.29. The van der Waals surface area contributed by atoms with Crippen molar-refractivity contribution in [2.75, 3.05) is 0 Å². The van der Waals surface area contributed by atoms with E-state index in [1.54, 1.807) is 12.3 Å². The van der Waals surface area contributed by atoms with Gasteiger partial charge in [0.25, 0.3) is 0 Å². The topological polar surface area (TPSA) is 50.9 Å². The molecule has 76 valence electrons. The molecule has 14 heavy (non-hydrogen) atoms. The zero-order valence-electron chi connectivity index (χ0n) is 8.13. The van der Waals surface area contributed by atoms with Crippen LogP contribution in [0.2, 0.25) is 5.15 Å². The van der Waals surface area contributed by atoms with E-state index in [9.17, 15) is 0 Å². The first-order valence-corrected chi connectivity index (χ1v) is 4.73. The Morgan fingerprint density at radius 2 is 2.43 bits per heavy atom. The lowest BCUT2D eigenvalue weighted by atomic mass is 10.0. The van der Waals surface area contributed by atoms with Gasteiger partial charge in [-0.1, -0.05) is 23.2 Å². The van der Waals surface area contributed by atoms with Gasteiger partial charge in [0, 0.05) is 6.20 Å². The standard InChI is InChI=1S/C10H14ClN3/c1-7(2)5-9(14-12)8-3-4-10(11)13-6-8/h3-4,6,9,14H,1,5,12H2,2H3. The molecule has 3 nitrogen and oxygen atoms in total. The van der Waals surface area contributed by atoms with Gasteiger partial charge in [-0.05, 0) is 25.0 Å². The van der Waals surface area contributed by atoms with Crippen LogP contribution in [0.1, 0.15) is 24.9 Å². The first kappa shape index (κ1) is 11.2. The predicted molar refractivity (Wildman–Crippen MR) is 58.7 cm³/mol. The summed E-state index contributed by atoms with van der Waals surface area (Å²) in [5, 5.41) is 0.486. The van der Waals surface area contributed by atoms with Crippen LogP contribution in [0, 0.1) is 0 Å². The number of nitrogens with one attached hydrogen (secondary N) is 1. The number of hydrazine groups is 1. The second-order valence-corrected chi connectivity index (χ2v) is 3.68. The molecule has 0 aliphatic rings. The van der Waals surface area contributed by atoms with Crippen LogP contribution in [0.3, 0.4) is 0 Å². The fourth-order valence-electron chi connectivity index (χ4n) is 1.21. The highest BCUT2D eigenvalue weighted by Gasteiger charge is 2.09. The third-order valence-electron chi connectivity index (χ3n) is 1.91. The van der Waals surface area contributed by atoms with Gasteiger partial charge in [0.15, 0.2) is 0 Å². The second kappa shape index (κ2) is 5.10. The third kappa shape index (κ3) is 3.10. The van der Waals surface area contributed by atoms with Gasteiger partial charge in [-0.2, -0.15) is 0 Å². The van der Waals surface area contributed by atoms with Crippen molar-refractivity contribution in [1.29, 1.82) is 0 Å². The Balaban J connectivity index is 2.78. The molecule has 1 unspecified atom stereocenters. The predicted octanol–water partition coefficient (Wildman–Crippen LogP) is 2.21. The van der Waals surface area contributed by atoms with Crippen molar-refractivity contribution < 1.29 is 0 Å². The molecule has 0 saturated carbocycles. The summed E-state index contributed by atoms with van der Waals surface area (Å²) in [4.78, 5) is 4.00. The summed E-state index contributed by atoms with van der Waals surface area (Å²) in [5.74, 6) is 5.44. The van der Waals surface area contributed by atoms with Crippen molar-refractivity contribution in [2.24, 2.45) is 5.84 Å². The van der Waals surface area contributed by atoms with Crippen molar-refractivity contribution >= 4 is 11.6 Å². The van der Waals surface area contributed by atoms with Crippen molar-refractivity contribution in [3.05, 3.63) is 41.2 Å². The highest BCUT2D eigenvalue weighted by Crippen LogP contribution is 2.19. The van der Waals surface area contributed by atoms with Crippen LogP contribution in [-0.2, 0) is 0 Å². The largest absolute Gasteiger partial charge is 0.271 e. The molecule has 1 aromatic heterocycles. The van der Waals surface area contributed by atoms with Crippen molar-refractivity contribution in [2.45, 2.75) is 19.4 Å². The Labute approximate surface area is 88.9 Å². The maximum Gasteiger partial charge on any atom is 0.129 e. The smallest absolute Gasteiger partial charge is 0.129 e. The zero-order chi connectivity index (χ0) is 10.6. The van der Waals surface area contributed by atoms with E-state index in [1.807, 2.05) is 13.0 Å². The summed E-state index contributed by atoms with van der Waals surface area (Å²) < 4.78 is 0. The van der Waals surface area contributed by atoms with Gasteiger partial charge in [-0.3, -0.25) is 11.3 Å².